The highest BCUT2D eigenvalue weighted by molar-refractivity contribution is 6.18. The third-order valence-corrected chi connectivity index (χ3v) is 8.84. The number of benzene rings is 7. The van der Waals surface area contributed by atoms with Crippen molar-refractivity contribution in [1.29, 1.82) is 0 Å². The van der Waals surface area contributed by atoms with Crippen molar-refractivity contribution in [3.63, 3.8) is 0 Å². The maximum Gasteiger partial charge on any atom is 0.164 e. The van der Waals surface area contributed by atoms with Gasteiger partial charge in [0, 0.05) is 38.5 Å². The van der Waals surface area contributed by atoms with E-state index >= 15 is 0 Å². The zero-order valence-electron chi connectivity index (χ0n) is 25.5. The Hall–Kier alpha value is -6.39. The molecule has 9 rings (SSSR count). The predicted molar refractivity (Wildman–Crippen MR) is 193 cm³/mol. The number of hydrogen-bond acceptors (Lipinski definition) is 3. The Kier molecular flexibility index (Phi) is 6.43. The first-order valence-electron chi connectivity index (χ1n) is 15.8. The molecule has 4 nitrogen and oxygen atoms in total. The number of hydrogen-bond donors (Lipinski definition) is 0. The molecule has 0 radical (unpaired) electrons. The van der Waals surface area contributed by atoms with Gasteiger partial charge in [-0.25, -0.2) is 15.0 Å². The van der Waals surface area contributed by atoms with E-state index in [0.717, 1.165) is 33.3 Å². The standard InChI is InChI=1S/C43H28N4/c1-4-12-29(13-5-1)30-20-22-32(23-21-30)42-44-41(31-14-6-2-7-15-31)45-43(46-42)34-25-26-36-33(28-34)24-27-38-37-18-10-11-19-39(37)47(40(36)38)35-16-8-3-9-17-35/h1-28H. The second-order valence-electron chi connectivity index (χ2n) is 11.7. The van der Waals surface area contributed by atoms with Gasteiger partial charge in [0.1, 0.15) is 0 Å². The summed E-state index contributed by atoms with van der Waals surface area (Å²) in [5.41, 5.74) is 8.70. The summed E-state index contributed by atoms with van der Waals surface area (Å²) in [7, 11) is 0. The molecule has 0 saturated carbocycles. The molecule has 4 heteroatoms. The van der Waals surface area contributed by atoms with Crippen LogP contribution in [0.4, 0.5) is 0 Å². The van der Waals surface area contributed by atoms with E-state index in [1.165, 1.54) is 32.8 Å². The topological polar surface area (TPSA) is 43.6 Å². The fourth-order valence-corrected chi connectivity index (χ4v) is 6.57. The summed E-state index contributed by atoms with van der Waals surface area (Å²) in [6.45, 7) is 0. The summed E-state index contributed by atoms with van der Waals surface area (Å²) in [6.07, 6.45) is 0. The van der Waals surface area contributed by atoms with Crippen LogP contribution in [0.15, 0.2) is 170 Å². The minimum atomic E-state index is 0.645. The lowest BCUT2D eigenvalue weighted by atomic mass is 10.0. The third kappa shape index (κ3) is 4.75. The minimum Gasteiger partial charge on any atom is -0.309 e. The van der Waals surface area contributed by atoms with Crippen LogP contribution in [0.3, 0.4) is 0 Å². The van der Waals surface area contributed by atoms with Crippen LogP contribution in [0.1, 0.15) is 0 Å². The van der Waals surface area contributed by atoms with Crippen LogP contribution >= 0.6 is 0 Å². The Morgan fingerprint density at radius 2 is 0.830 bits per heavy atom. The van der Waals surface area contributed by atoms with Crippen LogP contribution in [-0.4, -0.2) is 19.5 Å². The summed E-state index contributed by atoms with van der Waals surface area (Å²) in [5, 5.41) is 4.79. The monoisotopic (exact) mass is 600 g/mol. The van der Waals surface area contributed by atoms with Crippen molar-refractivity contribution in [2.75, 3.05) is 0 Å². The van der Waals surface area contributed by atoms with E-state index in [2.05, 4.69) is 138 Å². The van der Waals surface area contributed by atoms with Gasteiger partial charge in [-0.3, -0.25) is 0 Å². The quantitative estimate of drug-likeness (QED) is 0.197. The first-order chi connectivity index (χ1) is 23.3. The van der Waals surface area contributed by atoms with Crippen LogP contribution in [0.2, 0.25) is 0 Å². The molecule has 0 aliphatic rings. The van der Waals surface area contributed by atoms with Gasteiger partial charge in [0.15, 0.2) is 17.5 Å². The van der Waals surface area contributed by atoms with Gasteiger partial charge in [-0.2, -0.15) is 0 Å². The minimum absolute atomic E-state index is 0.645. The lowest BCUT2D eigenvalue weighted by molar-refractivity contribution is 1.07. The Bertz CT molecular complexity index is 2540. The molecule has 0 atom stereocenters. The normalized spacial score (nSPS) is 11.4. The van der Waals surface area contributed by atoms with E-state index in [1.807, 2.05) is 36.4 Å². The zero-order valence-corrected chi connectivity index (χ0v) is 25.5. The van der Waals surface area contributed by atoms with E-state index in [1.54, 1.807) is 0 Å². The molecule has 0 bridgehead atoms. The van der Waals surface area contributed by atoms with Crippen LogP contribution in [-0.2, 0) is 0 Å². The van der Waals surface area contributed by atoms with Gasteiger partial charge in [0.2, 0.25) is 0 Å². The average Bonchev–Trinajstić information content (AvgIpc) is 3.50. The van der Waals surface area contributed by atoms with Crippen LogP contribution in [0.5, 0.6) is 0 Å². The molecule has 0 amide bonds. The summed E-state index contributed by atoms with van der Waals surface area (Å²) in [5.74, 6) is 1.94. The summed E-state index contributed by atoms with van der Waals surface area (Å²) < 4.78 is 2.38. The SMILES string of the molecule is c1ccc(-c2ccc(-c3nc(-c4ccccc4)nc(-c4ccc5c(ccc6c7ccccc7n(-c7ccccc7)c56)c4)n3)cc2)cc1. The first kappa shape index (κ1) is 27.0. The first-order valence-corrected chi connectivity index (χ1v) is 15.8. The van der Waals surface area contributed by atoms with E-state index in [-0.39, 0.29) is 0 Å². The Labute approximate surface area is 272 Å². The van der Waals surface area contributed by atoms with E-state index < -0.39 is 0 Å². The van der Waals surface area contributed by atoms with Gasteiger partial charge < -0.3 is 4.57 Å². The smallest absolute Gasteiger partial charge is 0.164 e. The molecule has 0 saturated heterocycles. The lowest BCUT2D eigenvalue weighted by Crippen LogP contribution is -2.00. The molecule has 0 aliphatic heterocycles. The number of para-hydroxylation sites is 2. The average molecular weight is 601 g/mol. The Balaban J connectivity index is 1.21. The summed E-state index contributed by atoms with van der Waals surface area (Å²) in [4.78, 5) is 15.0. The van der Waals surface area contributed by atoms with E-state index in [4.69, 9.17) is 15.0 Å². The van der Waals surface area contributed by atoms with Gasteiger partial charge in [0.05, 0.1) is 11.0 Å². The Morgan fingerprint density at radius 1 is 0.340 bits per heavy atom. The molecule has 220 valence electrons. The van der Waals surface area contributed by atoms with Gasteiger partial charge in [-0.15, -0.1) is 0 Å². The third-order valence-electron chi connectivity index (χ3n) is 8.84. The van der Waals surface area contributed by atoms with Crippen molar-refractivity contribution >= 4 is 32.6 Å². The lowest BCUT2D eigenvalue weighted by Gasteiger charge is -2.11. The second-order valence-corrected chi connectivity index (χ2v) is 11.7. The molecular formula is C43H28N4. The number of rotatable bonds is 5. The van der Waals surface area contributed by atoms with Crippen molar-refractivity contribution in [3.05, 3.63) is 170 Å². The maximum absolute atomic E-state index is 5.04. The fraction of sp³-hybridized carbons (Fsp3) is 0. The van der Waals surface area contributed by atoms with Gasteiger partial charge in [-0.1, -0.05) is 146 Å². The summed E-state index contributed by atoms with van der Waals surface area (Å²) in [6, 6.07) is 59.2. The van der Waals surface area contributed by atoms with Crippen molar-refractivity contribution in [2.45, 2.75) is 0 Å². The molecule has 0 unspecified atom stereocenters. The van der Waals surface area contributed by atoms with Crippen molar-refractivity contribution in [2.24, 2.45) is 0 Å². The zero-order chi connectivity index (χ0) is 31.2. The summed E-state index contributed by atoms with van der Waals surface area (Å²) >= 11 is 0. The largest absolute Gasteiger partial charge is 0.309 e. The second kappa shape index (κ2) is 11.2. The van der Waals surface area contributed by atoms with Crippen LogP contribution < -0.4 is 0 Å². The molecule has 0 N–H and O–H groups in total. The number of fused-ring (bicyclic) bond motifs is 5. The molecule has 0 spiro atoms. The molecule has 0 fully saturated rings. The molecular weight excluding hydrogens is 573 g/mol. The highest BCUT2D eigenvalue weighted by atomic mass is 15.0. The number of nitrogens with zero attached hydrogens (tertiary/aromatic N) is 4. The molecule has 2 heterocycles. The van der Waals surface area contributed by atoms with Crippen LogP contribution in [0.25, 0.3) is 83.6 Å². The van der Waals surface area contributed by atoms with Crippen molar-refractivity contribution in [1.82, 2.24) is 19.5 Å². The fourth-order valence-electron chi connectivity index (χ4n) is 6.57. The van der Waals surface area contributed by atoms with Gasteiger partial charge in [-0.05, 0) is 40.8 Å². The van der Waals surface area contributed by atoms with Crippen LogP contribution in [0, 0.1) is 0 Å². The van der Waals surface area contributed by atoms with E-state index in [9.17, 15) is 0 Å². The van der Waals surface area contributed by atoms with Gasteiger partial charge >= 0.3 is 0 Å². The predicted octanol–water partition coefficient (Wildman–Crippen LogP) is 10.8. The maximum atomic E-state index is 5.04. The molecule has 0 aliphatic carbocycles. The molecule has 7 aromatic carbocycles. The molecule has 9 aromatic rings. The number of aromatic nitrogens is 4. The van der Waals surface area contributed by atoms with Crippen molar-refractivity contribution in [3.8, 4) is 51.0 Å². The molecule has 47 heavy (non-hydrogen) atoms. The highest BCUT2D eigenvalue weighted by Crippen LogP contribution is 2.38. The van der Waals surface area contributed by atoms with E-state index in [0.29, 0.717) is 17.5 Å². The van der Waals surface area contributed by atoms with Gasteiger partial charge in [0.25, 0.3) is 0 Å². The Morgan fingerprint density at radius 3 is 1.53 bits per heavy atom. The van der Waals surface area contributed by atoms with Crippen molar-refractivity contribution < 1.29 is 0 Å². The highest BCUT2D eigenvalue weighted by Gasteiger charge is 2.17. The molecule has 2 aromatic heterocycles.